The van der Waals surface area contributed by atoms with E-state index in [-0.39, 0.29) is 24.1 Å². The van der Waals surface area contributed by atoms with E-state index in [1.165, 1.54) is 0 Å². The van der Waals surface area contributed by atoms with Crippen molar-refractivity contribution in [3.8, 4) is 0 Å². The monoisotopic (exact) mass is 311 g/mol. The van der Waals surface area contributed by atoms with E-state index in [0.29, 0.717) is 32.0 Å². The Labute approximate surface area is 127 Å². The summed E-state index contributed by atoms with van der Waals surface area (Å²) in [4.78, 5) is 25.3. The molecule has 1 aliphatic rings. The average molecular weight is 311 g/mol. The van der Waals surface area contributed by atoms with Crippen molar-refractivity contribution >= 4 is 11.8 Å². The van der Waals surface area contributed by atoms with Crippen LogP contribution in [0.15, 0.2) is 18.2 Å². The smallest absolute Gasteiger partial charge is 0.254 e. The highest BCUT2D eigenvalue weighted by Gasteiger charge is 2.22. The first-order valence-corrected chi connectivity index (χ1v) is 7.24. The van der Waals surface area contributed by atoms with Crippen LogP contribution < -0.4 is 11.1 Å². The summed E-state index contributed by atoms with van der Waals surface area (Å²) in [6.07, 6.45) is 1.57. The molecule has 1 aliphatic heterocycles. The quantitative estimate of drug-likeness (QED) is 0.798. The zero-order valence-electron chi connectivity index (χ0n) is 12.1. The minimum absolute atomic E-state index is 0.00941. The van der Waals surface area contributed by atoms with Gasteiger partial charge in [-0.3, -0.25) is 9.59 Å². The van der Waals surface area contributed by atoms with Gasteiger partial charge in [0.25, 0.3) is 5.91 Å². The lowest BCUT2D eigenvalue weighted by Crippen LogP contribution is -2.32. The molecule has 0 aromatic heterocycles. The Kier molecular flexibility index (Phi) is 5.43. The van der Waals surface area contributed by atoms with E-state index in [4.69, 9.17) is 5.73 Å². The second-order valence-corrected chi connectivity index (χ2v) is 5.37. The Hall–Kier alpha value is -2.02. The highest BCUT2D eigenvalue weighted by atomic mass is 19.1. The Morgan fingerprint density at radius 2 is 2.14 bits per heavy atom. The van der Waals surface area contributed by atoms with Gasteiger partial charge < -0.3 is 16.0 Å². The van der Waals surface area contributed by atoms with Crippen molar-refractivity contribution in [2.75, 3.05) is 19.6 Å². The molecule has 120 valence electrons. The molecule has 0 bridgehead atoms. The fourth-order valence-electron chi connectivity index (χ4n) is 2.38. The molecule has 5 nitrogen and oxygen atoms in total. The zero-order chi connectivity index (χ0) is 16.1. The Balaban J connectivity index is 1.72. The summed E-state index contributed by atoms with van der Waals surface area (Å²) in [5.74, 6) is -2.24. The average Bonchev–Trinajstić information content (AvgIpc) is 2.90. The third-order valence-corrected chi connectivity index (χ3v) is 3.61. The van der Waals surface area contributed by atoms with Crippen molar-refractivity contribution in [1.82, 2.24) is 10.2 Å². The van der Waals surface area contributed by atoms with Gasteiger partial charge in [0.05, 0.1) is 5.56 Å². The van der Waals surface area contributed by atoms with Gasteiger partial charge in [-0.15, -0.1) is 0 Å². The third-order valence-electron chi connectivity index (χ3n) is 3.61. The standard InChI is InChI=1S/C15H19F2N3O2/c16-10-3-4-12(13(17)8-10)15(22)19-6-1-2-14(21)20-7-5-11(18)9-20/h3-4,8,11H,1-2,5-7,9,18H2,(H,19,22)/t11-/m1/s1. The number of nitrogens with two attached hydrogens (primary N) is 1. The minimum Gasteiger partial charge on any atom is -0.352 e. The number of carbonyl (C=O) groups excluding carboxylic acids is 2. The number of amides is 2. The maximum absolute atomic E-state index is 13.4. The van der Waals surface area contributed by atoms with Crippen LogP contribution in [-0.4, -0.2) is 42.4 Å². The fraction of sp³-hybridized carbons (Fsp3) is 0.467. The number of carbonyl (C=O) groups is 2. The van der Waals surface area contributed by atoms with Gasteiger partial charge in [0.15, 0.2) is 0 Å². The van der Waals surface area contributed by atoms with Crippen LogP contribution >= 0.6 is 0 Å². The molecule has 2 amide bonds. The van der Waals surface area contributed by atoms with Crippen LogP contribution in [0.4, 0.5) is 8.78 Å². The summed E-state index contributed by atoms with van der Waals surface area (Å²) in [5.41, 5.74) is 5.52. The first kappa shape index (κ1) is 16.4. The Morgan fingerprint density at radius 3 is 2.77 bits per heavy atom. The molecule has 0 unspecified atom stereocenters. The van der Waals surface area contributed by atoms with Crippen LogP contribution in [0, 0.1) is 11.6 Å². The number of halogens is 2. The van der Waals surface area contributed by atoms with Crippen LogP contribution in [0.2, 0.25) is 0 Å². The molecule has 22 heavy (non-hydrogen) atoms. The molecular formula is C15H19F2N3O2. The summed E-state index contributed by atoms with van der Waals surface area (Å²) in [5, 5.41) is 2.52. The lowest BCUT2D eigenvalue weighted by atomic mass is 10.2. The maximum Gasteiger partial charge on any atom is 0.254 e. The van der Waals surface area contributed by atoms with E-state index >= 15 is 0 Å². The van der Waals surface area contributed by atoms with Gasteiger partial charge in [-0.05, 0) is 25.0 Å². The van der Waals surface area contributed by atoms with Crippen LogP contribution in [0.5, 0.6) is 0 Å². The minimum atomic E-state index is -0.903. The molecule has 1 aromatic rings. The van der Waals surface area contributed by atoms with Gasteiger partial charge in [-0.1, -0.05) is 0 Å². The van der Waals surface area contributed by atoms with E-state index in [9.17, 15) is 18.4 Å². The van der Waals surface area contributed by atoms with E-state index in [0.717, 1.165) is 18.6 Å². The first-order valence-electron chi connectivity index (χ1n) is 7.24. The largest absolute Gasteiger partial charge is 0.352 e. The third kappa shape index (κ3) is 4.24. The van der Waals surface area contributed by atoms with Gasteiger partial charge in [0.2, 0.25) is 5.91 Å². The Morgan fingerprint density at radius 1 is 1.36 bits per heavy atom. The molecule has 1 fully saturated rings. The van der Waals surface area contributed by atoms with E-state index in [1.807, 2.05) is 0 Å². The van der Waals surface area contributed by atoms with Crippen LogP contribution in [0.3, 0.4) is 0 Å². The van der Waals surface area contributed by atoms with Crippen LogP contribution in [0.25, 0.3) is 0 Å². The molecular weight excluding hydrogens is 292 g/mol. The summed E-state index contributed by atoms with van der Waals surface area (Å²) in [7, 11) is 0. The van der Waals surface area contributed by atoms with Crippen molar-refractivity contribution in [2.24, 2.45) is 5.73 Å². The molecule has 1 aromatic carbocycles. The fourth-order valence-corrected chi connectivity index (χ4v) is 2.38. The molecule has 1 heterocycles. The lowest BCUT2D eigenvalue weighted by Gasteiger charge is -2.15. The number of likely N-dealkylation sites (tertiary alicyclic amines) is 1. The van der Waals surface area contributed by atoms with Gasteiger partial charge in [0.1, 0.15) is 11.6 Å². The second kappa shape index (κ2) is 7.31. The number of nitrogens with zero attached hydrogens (tertiary/aromatic N) is 1. The van der Waals surface area contributed by atoms with Crippen molar-refractivity contribution in [3.05, 3.63) is 35.4 Å². The van der Waals surface area contributed by atoms with Crippen molar-refractivity contribution in [1.29, 1.82) is 0 Å². The van der Waals surface area contributed by atoms with Crippen LogP contribution in [-0.2, 0) is 4.79 Å². The summed E-state index contributed by atoms with van der Waals surface area (Å²) < 4.78 is 26.2. The number of rotatable bonds is 5. The predicted octanol–water partition coefficient (Wildman–Crippen LogP) is 1.03. The highest BCUT2D eigenvalue weighted by Crippen LogP contribution is 2.10. The predicted molar refractivity (Wildman–Crippen MR) is 77.1 cm³/mol. The van der Waals surface area contributed by atoms with Gasteiger partial charge in [-0.25, -0.2) is 8.78 Å². The molecule has 2 rings (SSSR count). The van der Waals surface area contributed by atoms with Crippen molar-refractivity contribution < 1.29 is 18.4 Å². The SMILES string of the molecule is N[C@@H]1CCN(C(=O)CCCNC(=O)c2ccc(F)cc2F)C1. The van der Waals surface area contributed by atoms with Crippen molar-refractivity contribution in [3.63, 3.8) is 0 Å². The summed E-state index contributed by atoms with van der Waals surface area (Å²) in [6, 6.07) is 2.83. The lowest BCUT2D eigenvalue weighted by molar-refractivity contribution is -0.130. The molecule has 0 radical (unpaired) electrons. The summed E-state index contributed by atoms with van der Waals surface area (Å²) in [6.45, 7) is 1.50. The Bertz CT molecular complexity index is 566. The van der Waals surface area contributed by atoms with Gasteiger partial charge >= 0.3 is 0 Å². The molecule has 3 N–H and O–H groups in total. The zero-order valence-corrected chi connectivity index (χ0v) is 12.1. The number of hydrogen-bond acceptors (Lipinski definition) is 3. The normalized spacial score (nSPS) is 17.6. The van der Waals surface area contributed by atoms with E-state index in [1.54, 1.807) is 4.90 Å². The second-order valence-electron chi connectivity index (χ2n) is 5.37. The first-order chi connectivity index (χ1) is 10.5. The molecule has 1 atom stereocenters. The summed E-state index contributed by atoms with van der Waals surface area (Å²) >= 11 is 0. The van der Waals surface area contributed by atoms with E-state index in [2.05, 4.69) is 5.32 Å². The molecule has 1 saturated heterocycles. The molecule has 0 saturated carbocycles. The number of hydrogen-bond donors (Lipinski definition) is 2. The number of benzene rings is 1. The van der Waals surface area contributed by atoms with Gasteiger partial charge in [0, 0.05) is 38.2 Å². The molecule has 0 aliphatic carbocycles. The van der Waals surface area contributed by atoms with Crippen molar-refractivity contribution in [2.45, 2.75) is 25.3 Å². The molecule has 7 heteroatoms. The van der Waals surface area contributed by atoms with E-state index < -0.39 is 17.5 Å². The number of nitrogens with one attached hydrogen (secondary N) is 1. The topological polar surface area (TPSA) is 75.4 Å². The maximum atomic E-state index is 13.4. The highest BCUT2D eigenvalue weighted by molar-refractivity contribution is 5.94. The molecule has 0 spiro atoms. The van der Waals surface area contributed by atoms with Crippen LogP contribution in [0.1, 0.15) is 29.6 Å². The van der Waals surface area contributed by atoms with Gasteiger partial charge in [-0.2, -0.15) is 0 Å².